The lowest BCUT2D eigenvalue weighted by Crippen LogP contribution is -2.34. The van der Waals surface area contributed by atoms with Crippen LogP contribution in [0.4, 0.5) is 0 Å². The smallest absolute Gasteiger partial charge is 0.257 e. The number of phenolic OH excluding ortho intramolecular Hbond substituents is 2. The van der Waals surface area contributed by atoms with Crippen LogP contribution in [-0.4, -0.2) is 60.2 Å². The maximum absolute atomic E-state index is 13.3. The fourth-order valence-corrected chi connectivity index (χ4v) is 3.44. The number of phenols is 2. The van der Waals surface area contributed by atoms with E-state index in [1.807, 2.05) is 50.2 Å². The molecule has 1 amide bonds. The lowest BCUT2D eigenvalue weighted by molar-refractivity contribution is 0.0782. The quantitative estimate of drug-likeness (QED) is 0.613. The van der Waals surface area contributed by atoms with Gasteiger partial charge in [0.15, 0.2) is 0 Å². The number of nitrogens with zero attached hydrogens (tertiary/aromatic N) is 2. The van der Waals surface area contributed by atoms with E-state index in [4.69, 9.17) is 0 Å². The minimum absolute atomic E-state index is 0.00657. The van der Waals surface area contributed by atoms with E-state index in [2.05, 4.69) is 6.92 Å². The first-order valence-corrected chi connectivity index (χ1v) is 10.3. The molecule has 0 aromatic heterocycles. The topological polar surface area (TPSA) is 64.0 Å². The lowest BCUT2D eigenvalue weighted by atomic mass is 9.92. The van der Waals surface area contributed by atoms with Crippen LogP contribution in [-0.2, 0) is 6.42 Å². The number of unbranched alkanes of at least 4 members (excludes halogenated alkanes) is 2. The molecule has 158 valence electrons. The Morgan fingerprint density at radius 1 is 1.03 bits per heavy atom. The number of amides is 1. The van der Waals surface area contributed by atoms with Crippen LogP contribution in [0.2, 0.25) is 0 Å². The van der Waals surface area contributed by atoms with Crippen LogP contribution >= 0.6 is 0 Å². The Labute approximate surface area is 174 Å². The van der Waals surface area contributed by atoms with Crippen molar-refractivity contribution in [3.8, 4) is 22.6 Å². The Morgan fingerprint density at radius 3 is 2.38 bits per heavy atom. The molecule has 29 heavy (non-hydrogen) atoms. The van der Waals surface area contributed by atoms with Crippen LogP contribution < -0.4 is 0 Å². The zero-order valence-corrected chi connectivity index (χ0v) is 18.3. The third-order valence-corrected chi connectivity index (χ3v) is 5.16. The van der Waals surface area contributed by atoms with Crippen LogP contribution in [0.1, 0.15) is 47.7 Å². The van der Waals surface area contributed by atoms with Gasteiger partial charge in [-0.3, -0.25) is 4.79 Å². The van der Waals surface area contributed by atoms with Gasteiger partial charge >= 0.3 is 0 Å². The molecular formula is C24H34N2O3. The average Bonchev–Trinajstić information content (AvgIpc) is 2.65. The molecule has 0 aliphatic heterocycles. The largest absolute Gasteiger partial charge is 0.507 e. The van der Waals surface area contributed by atoms with E-state index in [0.29, 0.717) is 35.2 Å². The van der Waals surface area contributed by atoms with Gasteiger partial charge in [-0.05, 0) is 51.1 Å². The van der Waals surface area contributed by atoms with Gasteiger partial charge in [0.05, 0.1) is 11.1 Å². The SMILES string of the molecule is CCCCCc1cc(O)c(-c2cccc(C)c2)c(O)c1C(=O)N(C)CCN(C)C. The van der Waals surface area contributed by atoms with Crippen molar-refractivity contribution < 1.29 is 15.0 Å². The Hall–Kier alpha value is -2.53. The van der Waals surface area contributed by atoms with Crippen molar-refractivity contribution in [3.05, 3.63) is 47.0 Å². The molecule has 5 heteroatoms. The molecule has 0 atom stereocenters. The van der Waals surface area contributed by atoms with E-state index in [1.165, 1.54) is 0 Å². The van der Waals surface area contributed by atoms with Gasteiger partial charge in [0.25, 0.3) is 5.91 Å². The standard InChI is InChI=1S/C24H34N2O3/c1-6-7-8-11-19-16-20(27)21(18-12-9-10-17(2)15-18)23(28)22(19)24(29)26(5)14-13-25(3)4/h9-10,12,15-16,27-28H,6-8,11,13-14H2,1-5H3. The van der Waals surface area contributed by atoms with Gasteiger partial charge in [-0.15, -0.1) is 0 Å². The Kier molecular flexibility index (Phi) is 8.09. The molecule has 0 aliphatic rings. The van der Waals surface area contributed by atoms with E-state index in [1.54, 1.807) is 18.0 Å². The number of aryl methyl sites for hydroxylation is 2. The molecule has 0 heterocycles. The molecule has 0 radical (unpaired) electrons. The summed E-state index contributed by atoms with van der Waals surface area (Å²) in [6.45, 7) is 5.37. The number of benzene rings is 2. The van der Waals surface area contributed by atoms with E-state index >= 15 is 0 Å². The highest BCUT2D eigenvalue weighted by molar-refractivity contribution is 6.01. The number of likely N-dealkylation sites (N-methyl/N-ethyl adjacent to an activating group) is 2. The third-order valence-electron chi connectivity index (χ3n) is 5.16. The van der Waals surface area contributed by atoms with Crippen LogP contribution in [0.3, 0.4) is 0 Å². The summed E-state index contributed by atoms with van der Waals surface area (Å²) >= 11 is 0. The molecule has 0 bridgehead atoms. The van der Waals surface area contributed by atoms with Crippen LogP contribution in [0.15, 0.2) is 30.3 Å². The van der Waals surface area contributed by atoms with Gasteiger partial charge in [0, 0.05) is 20.1 Å². The van der Waals surface area contributed by atoms with Crippen LogP contribution in [0, 0.1) is 6.92 Å². The second-order valence-electron chi connectivity index (χ2n) is 8.01. The Morgan fingerprint density at radius 2 is 1.76 bits per heavy atom. The molecule has 2 aromatic carbocycles. The summed E-state index contributed by atoms with van der Waals surface area (Å²) in [6, 6.07) is 9.22. The minimum Gasteiger partial charge on any atom is -0.507 e. The monoisotopic (exact) mass is 398 g/mol. The van der Waals surface area contributed by atoms with Crippen molar-refractivity contribution in [2.75, 3.05) is 34.2 Å². The molecule has 0 aliphatic carbocycles. The van der Waals surface area contributed by atoms with Crippen molar-refractivity contribution in [1.29, 1.82) is 0 Å². The van der Waals surface area contributed by atoms with E-state index in [9.17, 15) is 15.0 Å². The third kappa shape index (κ3) is 5.73. The summed E-state index contributed by atoms with van der Waals surface area (Å²) in [5, 5.41) is 21.8. The molecule has 2 rings (SSSR count). The molecule has 0 saturated carbocycles. The highest BCUT2D eigenvalue weighted by Crippen LogP contribution is 2.42. The zero-order chi connectivity index (χ0) is 21.6. The molecule has 0 unspecified atom stereocenters. The maximum atomic E-state index is 13.3. The predicted molar refractivity (Wildman–Crippen MR) is 119 cm³/mol. The summed E-state index contributed by atoms with van der Waals surface area (Å²) in [4.78, 5) is 16.9. The zero-order valence-electron chi connectivity index (χ0n) is 18.3. The van der Waals surface area contributed by atoms with E-state index in [-0.39, 0.29) is 17.4 Å². The normalized spacial score (nSPS) is 11.1. The van der Waals surface area contributed by atoms with Crippen molar-refractivity contribution >= 4 is 5.91 Å². The number of hydrogen-bond donors (Lipinski definition) is 2. The summed E-state index contributed by atoms with van der Waals surface area (Å²) in [5.74, 6) is -0.347. The van der Waals surface area contributed by atoms with Crippen molar-refractivity contribution in [1.82, 2.24) is 9.80 Å². The number of carbonyl (C=O) groups is 1. The summed E-state index contributed by atoms with van der Waals surface area (Å²) in [6.07, 6.45) is 3.64. The fourth-order valence-electron chi connectivity index (χ4n) is 3.44. The minimum atomic E-state index is -0.218. The van der Waals surface area contributed by atoms with Crippen LogP contribution in [0.25, 0.3) is 11.1 Å². The summed E-state index contributed by atoms with van der Waals surface area (Å²) < 4.78 is 0. The van der Waals surface area contributed by atoms with E-state index < -0.39 is 0 Å². The fraction of sp³-hybridized carbons (Fsp3) is 0.458. The van der Waals surface area contributed by atoms with Gasteiger partial charge in [-0.1, -0.05) is 49.6 Å². The number of aromatic hydroxyl groups is 2. The van der Waals surface area contributed by atoms with Gasteiger partial charge < -0.3 is 20.0 Å². The number of hydrogen-bond acceptors (Lipinski definition) is 4. The maximum Gasteiger partial charge on any atom is 0.257 e. The molecule has 0 spiro atoms. The van der Waals surface area contributed by atoms with Gasteiger partial charge in [0.2, 0.25) is 0 Å². The van der Waals surface area contributed by atoms with E-state index in [0.717, 1.165) is 31.4 Å². The number of carbonyl (C=O) groups excluding carboxylic acids is 1. The molecule has 0 saturated heterocycles. The highest BCUT2D eigenvalue weighted by atomic mass is 16.3. The second kappa shape index (κ2) is 10.3. The molecule has 2 aromatic rings. The lowest BCUT2D eigenvalue weighted by Gasteiger charge is -2.23. The number of rotatable bonds is 9. The first-order chi connectivity index (χ1) is 13.8. The second-order valence-corrected chi connectivity index (χ2v) is 8.01. The first-order valence-electron chi connectivity index (χ1n) is 10.3. The van der Waals surface area contributed by atoms with Crippen molar-refractivity contribution in [2.45, 2.75) is 39.5 Å². The van der Waals surface area contributed by atoms with Crippen molar-refractivity contribution in [2.24, 2.45) is 0 Å². The van der Waals surface area contributed by atoms with Gasteiger partial charge in [0.1, 0.15) is 11.5 Å². The Balaban J connectivity index is 2.54. The molecule has 0 fully saturated rings. The summed E-state index contributed by atoms with van der Waals surface area (Å²) in [5.41, 5.74) is 3.04. The van der Waals surface area contributed by atoms with Crippen LogP contribution in [0.5, 0.6) is 11.5 Å². The molecular weight excluding hydrogens is 364 g/mol. The van der Waals surface area contributed by atoms with Gasteiger partial charge in [-0.25, -0.2) is 0 Å². The molecule has 2 N–H and O–H groups in total. The van der Waals surface area contributed by atoms with Crippen molar-refractivity contribution in [3.63, 3.8) is 0 Å². The highest BCUT2D eigenvalue weighted by Gasteiger charge is 2.25. The summed E-state index contributed by atoms with van der Waals surface area (Å²) in [7, 11) is 5.67. The average molecular weight is 399 g/mol. The Bertz CT molecular complexity index is 846. The predicted octanol–water partition coefficient (Wildman–Crippen LogP) is 4.44. The first kappa shape index (κ1) is 22.8. The molecule has 5 nitrogen and oxygen atoms in total. The van der Waals surface area contributed by atoms with Gasteiger partial charge in [-0.2, -0.15) is 0 Å².